The number of benzene rings is 4. The zero-order valence-electron chi connectivity index (χ0n) is 27.8. The van der Waals surface area contributed by atoms with Crippen LogP contribution in [0.3, 0.4) is 0 Å². The van der Waals surface area contributed by atoms with Crippen molar-refractivity contribution in [2.45, 2.75) is 50.3 Å². The molecule has 0 amide bonds. The average molecular weight is 623 g/mol. The zero-order valence-corrected chi connectivity index (χ0v) is 27.8. The second-order valence-corrected chi connectivity index (χ2v) is 12.3. The van der Waals surface area contributed by atoms with Crippen LogP contribution in [0.25, 0.3) is 0 Å². The quantitative estimate of drug-likeness (QED) is 0.233. The van der Waals surface area contributed by atoms with Crippen LogP contribution >= 0.6 is 0 Å². The van der Waals surface area contributed by atoms with Crippen LogP contribution in [0, 0.1) is 0 Å². The van der Waals surface area contributed by atoms with Crippen molar-refractivity contribution in [3.05, 3.63) is 144 Å². The number of hydrogen-bond donors (Lipinski definition) is 0. The highest BCUT2D eigenvalue weighted by atomic mass is 16.5. The van der Waals surface area contributed by atoms with Gasteiger partial charge in [-0.15, -0.1) is 0 Å². The second kappa shape index (κ2) is 17.5. The first-order valence-electron chi connectivity index (χ1n) is 16.6. The van der Waals surface area contributed by atoms with Gasteiger partial charge in [0.25, 0.3) is 0 Å². The summed E-state index contributed by atoms with van der Waals surface area (Å²) in [5.74, 6) is 0. The number of ether oxygens (including phenoxy) is 4. The zero-order chi connectivity index (χ0) is 32.1. The van der Waals surface area contributed by atoms with E-state index in [0.717, 1.165) is 35.3 Å². The van der Waals surface area contributed by atoms with Crippen molar-refractivity contribution in [2.24, 2.45) is 0 Å². The summed E-state index contributed by atoms with van der Waals surface area (Å²) in [5, 5.41) is 0. The minimum absolute atomic E-state index is 0.0702. The van der Waals surface area contributed by atoms with Crippen LogP contribution in [0.4, 0.5) is 0 Å². The lowest BCUT2D eigenvalue weighted by Gasteiger charge is -2.39. The third-order valence-electron chi connectivity index (χ3n) is 9.11. The molecule has 0 aromatic heterocycles. The van der Waals surface area contributed by atoms with Crippen LogP contribution in [0.1, 0.15) is 60.5 Å². The first-order chi connectivity index (χ1) is 22.5. The van der Waals surface area contributed by atoms with Crippen LogP contribution in [0.15, 0.2) is 121 Å². The molecule has 0 N–H and O–H groups in total. The summed E-state index contributed by atoms with van der Waals surface area (Å²) in [5.41, 5.74) is 4.62. The predicted molar refractivity (Wildman–Crippen MR) is 185 cm³/mol. The first-order valence-corrected chi connectivity index (χ1v) is 16.6. The van der Waals surface area contributed by atoms with Gasteiger partial charge in [0.15, 0.2) is 0 Å². The third kappa shape index (κ3) is 9.35. The Labute approximate surface area is 275 Å². The molecule has 6 heteroatoms. The van der Waals surface area contributed by atoms with E-state index in [1.807, 2.05) is 12.1 Å². The summed E-state index contributed by atoms with van der Waals surface area (Å²) in [6.07, 6.45) is -0.480. The molecule has 0 spiro atoms. The van der Waals surface area contributed by atoms with Gasteiger partial charge in [0.1, 0.15) is 0 Å². The van der Waals surface area contributed by atoms with Gasteiger partial charge in [0.2, 0.25) is 0 Å². The molecule has 0 unspecified atom stereocenters. The molecule has 46 heavy (non-hydrogen) atoms. The van der Waals surface area contributed by atoms with E-state index in [2.05, 4.69) is 147 Å². The van der Waals surface area contributed by atoms with Gasteiger partial charge < -0.3 is 23.8 Å². The van der Waals surface area contributed by atoms with Gasteiger partial charge in [0, 0.05) is 25.2 Å². The van der Waals surface area contributed by atoms with Gasteiger partial charge in [-0.05, 0) is 50.2 Å². The van der Waals surface area contributed by atoms with E-state index in [4.69, 9.17) is 18.9 Å². The van der Waals surface area contributed by atoms with Crippen LogP contribution in [-0.2, 0) is 18.9 Å². The van der Waals surface area contributed by atoms with Gasteiger partial charge in [-0.3, -0.25) is 4.90 Å². The number of hydrogen-bond acceptors (Lipinski definition) is 6. The van der Waals surface area contributed by atoms with Gasteiger partial charge in [-0.2, -0.15) is 0 Å². The smallest absolute Gasteiger partial charge is 0.0978 e. The molecule has 1 saturated heterocycles. The molecule has 1 fully saturated rings. The fraction of sp³-hybridized carbons (Fsp3) is 0.400. The summed E-state index contributed by atoms with van der Waals surface area (Å²) < 4.78 is 26.6. The van der Waals surface area contributed by atoms with E-state index in [-0.39, 0.29) is 36.5 Å². The molecule has 0 bridgehead atoms. The fourth-order valence-electron chi connectivity index (χ4n) is 6.33. The monoisotopic (exact) mass is 622 g/mol. The van der Waals surface area contributed by atoms with Gasteiger partial charge in [0.05, 0.1) is 50.8 Å². The van der Waals surface area contributed by atoms with Crippen LogP contribution in [-0.4, -0.2) is 75.5 Å². The summed E-state index contributed by atoms with van der Waals surface area (Å²) in [6, 6.07) is 42.1. The molecule has 6 nitrogen and oxygen atoms in total. The third-order valence-corrected chi connectivity index (χ3v) is 9.11. The fourth-order valence-corrected chi connectivity index (χ4v) is 6.33. The highest BCUT2D eigenvalue weighted by Crippen LogP contribution is 2.31. The minimum atomic E-state index is -0.139. The Bertz CT molecular complexity index is 1290. The van der Waals surface area contributed by atoms with E-state index < -0.39 is 0 Å². The standard InChI is InChI=1S/C40H50N2O4/c1-31-39(35-21-13-7-14-22-35)45-27-25-43-37(33-17-9-5-10-18-33)29-41(3)30-38(34-19-11-6-12-20-34)44-26-28-46-40(32(2)42(31)4)36-23-15-8-16-24-36/h5-24,31-32,37-40H,25-30H2,1-4H3/t31-,32-,37-,38-,39-,40-/m0/s1. The maximum absolute atomic E-state index is 6.69. The van der Waals surface area contributed by atoms with Crippen molar-refractivity contribution >= 4 is 0 Å². The molecule has 0 saturated carbocycles. The summed E-state index contributed by atoms with van der Waals surface area (Å²) in [4.78, 5) is 4.69. The lowest BCUT2D eigenvalue weighted by atomic mass is 9.97. The first kappa shape index (κ1) is 34.0. The number of rotatable bonds is 4. The Kier molecular flexibility index (Phi) is 13.0. The van der Waals surface area contributed by atoms with Gasteiger partial charge in [-0.25, -0.2) is 0 Å². The number of nitrogens with zero attached hydrogens (tertiary/aromatic N) is 2. The topological polar surface area (TPSA) is 43.4 Å². The lowest BCUT2D eigenvalue weighted by Crippen LogP contribution is -2.45. The van der Waals surface area contributed by atoms with E-state index >= 15 is 0 Å². The molecule has 5 rings (SSSR count). The molecule has 244 valence electrons. The summed E-state index contributed by atoms with van der Waals surface area (Å²) in [7, 11) is 4.31. The average Bonchev–Trinajstić information content (AvgIpc) is 3.11. The van der Waals surface area contributed by atoms with Crippen molar-refractivity contribution < 1.29 is 18.9 Å². The van der Waals surface area contributed by atoms with Crippen LogP contribution in [0.5, 0.6) is 0 Å². The number of likely N-dealkylation sites (N-methyl/N-ethyl adjacent to an activating group) is 2. The van der Waals surface area contributed by atoms with E-state index in [9.17, 15) is 0 Å². The molecular formula is C40H50N2O4. The second-order valence-electron chi connectivity index (χ2n) is 12.3. The van der Waals surface area contributed by atoms with E-state index in [0.29, 0.717) is 26.4 Å². The highest BCUT2D eigenvalue weighted by molar-refractivity contribution is 5.22. The molecule has 0 radical (unpaired) electrons. The van der Waals surface area contributed by atoms with Crippen molar-refractivity contribution in [3.8, 4) is 0 Å². The Morgan fingerprint density at radius 1 is 0.435 bits per heavy atom. The largest absolute Gasteiger partial charge is 0.370 e. The van der Waals surface area contributed by atoms with Crippen molar-refractivity contribution in [1.29, 1.82) is 0 Å². The minimum Gasteiger partial charge on any atom is -0.370 e. The molecule has 4 aromatic rings. The maximum atomic E-state index is 6.69. The summed E-state index contributed by atoms with van der Waals surface area (Å²) >= 11 is 0. The Hall–Kier alpha value is -3.36. The molecular weight excluding hydrogens is 572 g/mol. The normalized spacial score (nSPS) is 27.0. The Morgan fingerprint density at radius 2 is 0.739 bits per heavy atom. The van der Waals surface area contributed by atoms with E-state index in [1.165, 1.54) is 0 Å². The van der Waals surface area contributed by atoms with Crippen molar-refractivity contribution in [1.82, 2.24) is 9.80 Å². The molecule has 1 aliphatic heterocycles. The molecule has 1 heterocycles. The van der Waals surface area contributed by atoms with Crippen LogP contribution in [0.2, 0.25) is 0 Å². The lowest BCUT2D eigenvalue weighted by molar-refractivity contribution is -0.0877. The van der Waals surface area contributed by atoms with Crippen molar-refractivity contribution in [2.75, 3.05) is 53.6 Å². The molecule has 6 atom stereocenters. The predicted octanol–water partition coefficient (Wildman–Crippen LogP) is 7.67. The maximum Gasteiger partial charge on any atom is 0.0978 e. The van der Waals surface area contributed by atoms with Crippen LogP contribution < -0.4 is 0 Å². The highest BCUT2D eigenvalue weighted by Gasteiger charge is 2.32. The van der Waals surface area contributed by atoms with E-state index in [1.54, 1.807) is 0 Å². The van der Waals surface area contributed by atoms with Crippen molar-refractivity contribution in [3.63, 3.8) is 0 Å². The SMILES string of the molecule is C[C@H]1[C@@H](c2ccccc2)OCCO[C@H](c2ccccc2)CN(C)C[C@@H](c2ccccc2)OCCO[C@H](c2ccccc2)[C@H](C)N1C. The molecule has 1 aliphatic rings. The summed E-state index contributed by atoms with van der Waals surface area (Å²) in [6.45, 7) is 7.86. The molecule has 0 aliphatic carbocycles. The van der Waals surface area contributed by atoms with Gasteiger partial charge >= 0.3 is 0 Å². The Balaban J connectivity index is 1.42. The molecule has 4 aromatic carbocycles. The van der Waals surface area contributed by atoms with Gasteiger partial charge in [-0.1, -0.05) is 121 Å². The Morgan fingerprint density at radius 3 is 1.09 bits per heavy atom.